The molecule has 3 aromatic rings. The van der Waals surface area contributed by atoms with Crippen molar-refractivity contribution in [3.05, 3.63) is 81.9 Å². The first-order valence-electron chi connectivity index (χ1n) is 9.19. The van der Waals surface area contributed by atoms with Crippen molar-refractivity contribution in [2.45, 2.75) is 32.8 Å². The zero-order valence-corrected chi connectivity index (χ0v) is 16.1. The summed E-state index contributed by atoms with van der Waals surface area (Å²) in [4.78, 5) is 26.1. The van der Waals surface area contributed by atoms with E-state index in [1.807, 2.05) is 24.3 Å². The molecular formula is C21H21N3O5. The third-order valence-electron chi connectivity index (χ3n) is 4.53. The SMILES string of the molecule is CC[C@H](C)c1ccc(OCc2ccc(C(=O)Nc3ccc([N+](=O)[O-])cn3)o2)cc1. The van der Waals surface area contributed by atoms with Crippen LogP contribution in [0.4, 0.5) is 11.5 Å². The number of carbonyl (C=O) groups is 1. The molecule has 8 heteroatoms. The van der Waals surface area contributed by atoms with Crippen LogP contribution in [0.5, 0.6) is 5.75 Å². The van der Waals surface area contributed by atoms with E-state index in [9.17, 15) is 14.9 Å². The van der Waals surface area contributed by atoms with Gasteiger partial charge >= 0.3 is 0 Å². The molecule has 8 nitrogen and oxygen atoms in total. The largest absolute Gasteiger partial charge is 0.486 e. The topological polar surface area (TPSA) is 108 Å². The number of pyridine rings is 1. The monoisotopic (exact) mass is 395 g/mol. The van der Waals surface area contributed by atoms with Gasteiger partial charge in [0.25, 0.3) is 11.6 Å². The van der Waals surface area contributed by atoms with Crippen LogP contribution in [0.25, 0.3) is 0 Å². The summed E-state index contributed by atoms with van der Waals surface area (Å²) in [6.07, 6.45) is 2.15. The highest BCUT2D eigenvalue weighted by Crippen LogP contribution is 2.22. The summed E-state index contributed by atoms with van der Waals surface area (Å²) in [5.41, 5.74) is 1.11. The van der Waals surface area contributed by atoms with Crippen LogP contribution in [0.15, 0.2) is 59.1 Å². The van der Waals surface area contributed by atoms with Gasteiger partial charge in [-0.1, -0.05) is 26.0 Å². The first-order chi connectivity index (χ1) is 14.0. The molecule has 0 spiro atoms. The zero-order chi connectivity index (χ0) is 20.8. The van der Waals surface area contributed by atoms with E-state index in [0.29, 0.717) is 11.7 Å². The second-order valence-corrected chi connectivity index (χ2v) is 6.55. The lowest BCUT2D eigenvalue weighted by molar-refractivity contribution is -0.385. The van der Waals surface area contributed by atoms with Crippen LogP contribution in [0.1, 0.15) is 48.1 Å². The number of rotatable bonds is 8. The summed E-state index contributed by atoms with van der Waals surface area (Å²) in [6, 6.07) is 13.7. The Morgan fingerprint density at radius 1 is 1.21 bits per heavy atom. The van der Waals surface area contributed by atoms with Gasteiger partial charge in [0.1, 0.15) is 30.1 Å². The van der Waals surface area contributed by atoms with Crippen molar-refractivity contribution < 1.29 is 18.9 Å². The highest BCUT2D eigenvalue weighted by molar-refractivity contribution is 6.01. The van der Waals surface area contributed by atoms with Gasteiger partial charge in [-0.3, -0.25) is 14.9 Å². The summed E-state index contributed by atoms with van der Waals surface area (Å²) >= 11 is 0. The molecule has 1 amide bonds. The number of ether oxygens (including phenoxy) is 1. The van der Waals surface area contributed by atoms with Crippen molar-refractivity contribution in [2.24, 2.45) is 0 Å². The Hall–Kier alpha value is -3.68. The summed E-state index contributed by atoms with van der Waals surface area (Å²) in [6.45, 7) is 4.51. The van der Waals surface area contributed by atoms with E-state index in [0.717, 1.165) is 18.4 Å². The summed E-state index contributed by atoms with van der Waals surface area (Å²) < 4.78 is 11.2. The minimum absolute atomic E-state index is 0.0934. The van der Waals surface area contributed by atoms with Crippen molar-refractivity contribution in [3.63, 3.8) is 0 Å². The number of nitrogens with one attached hydrogen (secondary N) is 1. The summed E-state index contributed by atoms with van der Waals surface area (Å²) in [7, 11) is 0. The Morgan fingerprint density at radius 2 is 1.97 bits per heavy atom. The lowest BCUT2D eigenvalue weighted by atomic mass is 9.99. The molecule has 1 aromatic carbocycles. The first kappa shape index (κ1) is 20.1. The van der Waals surface area contributed by atoms with Gasteiger partial charge in [0.2, 0.25) is 0 Å². The smallest absolute Gasteiger partial charge is 0.292 e. The second kappa shape index (κ2) is 9.01. The quantitative estimate of drug-likeness (QED) is 0.428. The van der Waals surface area contributed by atoms with Crippen molar-refractivity contribution in [1.82, 2.24) is 4.98 Å². The average Bonchev–Trinajstić information content (AvgIpc) is 3.22. The van der Waals surface area contributed by atoms with Gasteiger partial charge in [-0.25, -0.2) is 4.98 Å². The molecule has 1 atom stereocenters. The average molecular weight is 395 g/mol. The van der Waals surface area contributed by atoms with E-state index in [-0.39, 0.29) is 23.9 Å². The Kier molecular flexibility index (Phi) is 6.23. The van der Waals surface area contributed by atoms with Gasteiger partial charge < -0.3 is 14.5 Å². The number of hydrogen-bond donors (Lipinski definition) is 1. The van der Waals surface area contributed by atoms with Crippen molar-refractivity contribution in [1.29, 1.82) is 0 Å². The summed E-state index contributed by atoms with van der Waals surface area (Å²) in [5, 5.41) is 13.2. The minimum atomic E-state index is -0.560. The van der Waals surface area contributed by atoms with E-state index in [1.165, 1.54) is 23.8 Å². The molecule has 0 saturated heterocycles. The van der Waals surface area contributed by atoms with Crippen LogP contribution in [0, 0.1) is 10.1 Å². The molecule has 0 radical (unpaired) electrons. The number of carbonyl (C=O) groups excluding carboxylic acids is 1. The molecule has 1 N–H and O–H groups in total. The molecular weight excluding hydrogens is 374 g/mol. The highest BCUT2D eigenvalue weighted by Gasteiger charge is 2.14. The van der Waals surface area contributed by atoms with Gasteiger partial charge in [-0.2, -0.15) is 0 Å². The van der Waals surface area contributed by atoms with Crippen LogP contribution in [-0.4, -0.2) is 15.8 Å². The number of nitro groups is 1. The second-order valence-electron chi connectivity index (χ2n) is 6.55. The molecule has 0 bridgehead atoms. The van der Waals surface area contributed by atoms with Crippen LogP contribution >= 0.6 is 0 Å². The van der Waals surface area contributed by atoms with Crippen molar-refractivity contribution >= 4 is 17.4 Å². The van der Waals surface area contributed by atoms with Gasteiger partial charge in [-0.15, -0.1) is 0 Å². The standard InChI is InChI=1S/C21H21N3O5/c1-3-14(2)15-4-7-17(8-5-15)28-13-18-9-10-19(29-18)21(25)23-20-11-6-16(12-22-20)24(26)27/h4-12,14H,3,13H2,1-2H3,(H,22,23,25)/t14-/m0/s1. The molecule has 0 aliphatic rings. The highest BCUT2D eigenvalue weighted by atomic mass is 16.6. The summed E-state index contributed by atoms with van der Waals surface area (Å²) in [5.74, 6) is 1.50. The predicted octanol–water partition coefficient (Wildman–Crippen LogP) is 4.93. The third kappa shape index (κ3) is 5.19. The molecule has 3 rings (SSSR count). The van der Waals surface area contributed by atoms with E-state index >= 15 is 0 Å². The van der Waals surface area contributed by atoms with Gasteiger partial charge in [0, 0.05) is 6.07 Å². The Bertz CT molecular complexity index is 980. The van der Waals surface area contributed by atoms with E-state index < -0.39 is 10.8 Å². The molecule has 29 heavy (non-hydrogen) atoms. The maximum atomic E-state index is 12.2. The fourth-order valence-corrected chi connectivity index (χ4v) is 2.61. The predicted molar refractivity (Wildman–Crippen MR) is 107 cm³/mol. The minimum Gasteiger partial charge on any atom is -0.486 e. The third-order valence-corrected chi connectivity index (χ3v) is 4.53. The number of benzene rings is 1. The molecule has 0 saturated carbocycles. The van der Waals surface area contributed by atoms with Crippen LogP contribution in [0.3, 0.4) is 0 Å². The molecule has 0 aliphatic heterocycles. The fourth-order valence-electron chi connectivity index (χ4n) is 2.61. The van der Waals surface area contributed by atoms with Gasteiger partial charge in [0.15, 0.2) is 5.76 Å². The zero-order valence-electron chi connectivity index (χ0n) is 16.1. The maximum Gasteiger partial charge on any atom is 0.292 e. The molecule has 0 aliphatic carbocycles. The number of furan rings is 1. The van der Waals surface area contributed by atoms with Crippen LogP contribution in [0.2, 0.25) is 0 Å². The lowest BCUT2D eigenvalue weighted by Crippen LogP contribution is -2.12. The van der Waals surface area contributed by atoms with Gasteiger partial charge in [0.05, 0.1) is 4.92 Å². The molecule has 0 fully saturated rings. The number of hydrogen-bond acceptors (Lipinski definition) is 6. The number of amides is 1. The van der Waals surface area contributed by atoms with E-state index in [2.05, 4.69) is 24.1 Å². The first-order valence-corrected chi connectivity index (χ1v) is 9.19. The fraction of sp³-hybridized carbons (Fsp3) is 0.238. The van der Waals surface area contributed by atoms with E-state index in [4.69, 9.17) is 9.15 Å². The lowest BCUT2D eigenvalue weighted by Gasteiger charge is -2.10. The normalized spacial score (nSPS) is 11.7. The van der Waals surface area contributed by atoms with Crippen LogP contribution < -0.4 is 10.1 Å². The molecule has 2 heterocycles. The van der Waals surface area contributed by atoms with E-state index in [1.54, 1.807) is 6.07 Å². The molecule has 150 valence electrons. The Morgan fingerprint density at radius 3 is 2.59 bits per heavy atom. The Labute approximate surface area is 167 Å². The van der Waals surface area contributed by atoms with Crippen LogP contribution in [-0.2, 0) is 6.61 Å². The van der Waals surface area contributed by atoms with Crippen molar-refractivity contribution in [3.8, 4) is 5.75 Å². The number of nitrogens with zero attached hydrogens (tertiary/aromatic N) is 2. The van der Waals surface area contributed by atoms with Crippen molar-refractivity contribution in [2.75, 3.05) is 5.32 Å². The number of aromatic nitrogens is 1. The molecule has 0 unspecified atom stereocenters. The maximum absolute atomic E-state index is 12.2. The Balaban J connectivity index is 1.55. The van der Waals surface area contributed by atoms with Gasteiger partial charge in [-0.05, 0) is 48.2 Å². The number of anilines is 1. The molecule has 2 aromatic heterocycles.